The number of hydrogen-bond acceptors (Lipinski definition) is 4. The fourth-order valence-corrected chi connectivity index (χ4v) is 5.34. The number of hydrogen-bond donors (Lipinski definition) is 1. The number of amides is 1. The van der Waals surface area contributed by atoms with Crippen LogP contribution in [0.4, 0.5) is 5.82 Å². The molecule has 1 aliphatic heterocycles. The Morgan fingerprint density at radius 3 is 2.40 bits per heavy atom. The number of piperazine rings is 1. The van der Waals surface area contributed by atoms with Crippen molar-refractivity contribution in [1.29, 1.82) is 0 Å². The van der Waals surface area contributed by atoms with Gasteiger partial charge in [-0.15, -0.1) is 0 Å². The lowest BCUT2D eigenvalue weighted by Gasteiger charge is -2.35. The molecule has 176 valence electrons. The van der Waals surface area contributed by atoms with Crippen LogP contribution in [-0.4, -0.2) is 55.1 Å². The van der Waals surface area contributed by atoms with E-state index in [9.17, 15) is 4.79 Å². The maximum atomic E-state index is 12.6. The van der Waals surface area contributed by atoms with Crippen molar-refractivity contribution in [3.05, 3.63) is 84.6 Å². The lowest BCUT2D eigenvalue weighted by molar-refractivity contribution is 0.0952. The van der Waals surface area contributed by atoms with Gasteiger partial charge in [0.05, 0.1) is 0 Å². The monoisotopic (exact) mass is 462 g/mol. The molecule has 2 aliphatic rings. The number of pyridine rings is 1. The molecule has 5 nitrogen and oxygen atoms in total. The first-order chi connectivity index (χ1) is 17.3. The molecule has 1 aliphatic carbocycles. The highest BCUT2D eigenvalue weighted by atomic mass is 16.1. The number of anilines is 1. The normalized spacial score (nSPS) is 14.8. The Hall–Kier alpha value is -3.70. The minimum Gasteiger partial charge on any atom is -0.354 e. The quantitative estimate of drug-likeness (QED) is 0.337. The number of carbonyl (C=O) groups excluding carboxylic acids is 1. The Balaban J connectivity index is 0.937. The molecule has 0 radical (unpaired) electrons. The molecule has 0 atom stereocenters. The number of fused-ring (bicyclic) bond motifs is 5. The molecule has 1 fully saturated rings. The first kappa shape index (κ1) is 21.8. The standard InChI is InChI=1S/C30H30N4O/c35-30(23-11-12-27-25-9-3-4-10-26(25)28(27)21-23)32-14-5-6-16-33-17-19-34(20-18-33)29-24-8-2-1-7-22(24)13-15-31-29/h1-4,7-13,15,21H,5-6,14,16-20H2,(H,32,35). The van der Waals surface area contributed by atoms with E-state index in [0.717, 1.165) is 56.9 Å². The summed E-state index contributed by atoms with van der Waals surface area (Å²) in [4.78, 5) is 22.3. The number of unbranched alkanes of at least 4 members (excludes halogenated alkanes) is 1. The average molecular weight is 463 g/mol. The zero-order valence-corrected chi connectivity index (χ0v) is 19.9. The van der Waals surface area contributed by atoms with E-state index in [0.29, 0.717) is 6.54 Å². The van der Waals surface area contributed by atoms with Crippen molar-refractivity contribution in [2.75, 3.05) is 44.2 Å². The molecule has 35 heavy (non-hydrogen) atoms. The van der Waals surface area contributed by atoms with Gasteiger partial charge in [0.25, 0.3) is 5.91 Å². The lowest BCUT2D eigenvalue weighted by atomic mass is 9.80. The molecule has 1 saturated heterocycles. The number of rotatable bonds is 7. The molecule has 0 saturated carbocycles. The third-order valence-corrected chi connectivity index (χ3v) is 7.30. The molecule has 4 aromatic rings. The Morgan fingerprint density at radius 2 is 1.54 bits per heavy atom. The number of nitrogens with one attached hydrogen (secondary N) is 1. The van der Waals surface area contributed by atoms with Crippen molar-refractivity contribution >= 4 is 22.5 Å². The third-order valence-electron chi connectivity index (χ3n) is 7.30. The van der Waals surface area contributed by atoms with E-state index in [-0.39, 0.29) is 5.91 Å². The van der Waals surface area contributed by atoms with Crippen molar-refractivity contribution in [3.63, 3.8) is 0 Å². The highest BCUT2D eigenvalue weighted by Crippen LogP contribution is 2.46. The molecule has 0 unspecified atom stereocenters. The first-order valence-corrected chi connectivity index (χ1v) is 12.6. The topological polar surface area (TPSA) is 48.5 Å². The predicted octanol–water partition coefficient (Wildman–Crippen LogP) is 5.21. The van der Waals surface area contributed by atoms with Gasteiger partial charge in [-0.3, -0.25) is 9.69 Å². The van der Waals surface area contributed by atoms with Crippen molar-refractivity contribution in [1.82, 2.24) is 15.2 Å². The van der Waals surface area contributed by atoms with Crippen LogP contribution < -0.4 is 10.2 Å². The van der Waals surface area contributed by atoms with Gasteiger partial charge in [-0.1, -0.05) is 54.6 Å². The number of nitrogens with zero attached hydrogens (tertiary/aromatic N) is 3. The molecule has 0 spiro atoms. The summed E-state index contributed by atoms with van der Waals surface area (Å²) >= 11 is 0. The summed E-state index contributed by atoms with van der Waals surface area (Å²) in [7, 11) is 0. The van der Waals surface area contributed by atoms with Gasteiger partial charge in [0, 0.05) is 49.9 Å². The molecule has 0 bridgehead atoms. The van der Waals surface area contributed by atoms with Crippen molar-refractivity contribution in [2.24, 2.45) is 0 Å². The van der Waals surface area contributed by atoms with Crippen LogP contribution in [0, 0.1) is 0 Å². The Bertz CT molecular complexity index is 1370. The predicted molar refractivity (Wildman–Crippen MR) is 143 cm³/mol. The molecule has 6 rings (SSSR count). The zero-order valence-electron chi connectivity index (χ0n) is 19.9. The Morgan fingerprint density at radius 1 is 0.800 bits per heavy atom. The van der Waals surface area contributed by atoms with Gasteiger partial charge < -0.3 is 10.2 Å². The summed E-state index contributed by atoms with van der Waals surface area (Å²) in [6.45, 7) is 5.88. The van der Waals surface area contributed by atoms with Crippen LogP contribution in [0.15, 0.2) is 79.0 Å². The average Bonchev–Trinajstić information content (AvgIpc) is 2.91. The third kappa shape index (κ3) is 4.28. The van der Waals surface area contributed by atoms with Gasteiger partial charge in [-0.25, -0.2) is 4.98 Å². The van der Waals surface area contributed by atoms with Crippen molar-refractivity contribution in [3.8, 4) is 22.3 Å². The van der Waals surface area contributed by atoms with Crippen LogP contribution in [0.25, 0.3) is 33.0 Å². The minimum atomic E-state index is 0.0217. The van der Waals surface area contributed by atoms with Crippen LogP contribution in [0.1, 0.15) is 23.2 Å². The van der Waals surface area contributed by atoms with Crippen molar-refractivity contribution in [2.45, 2.75) is 12.8 Å². The summed E-state index contributed by atoms with van der Waals surface area (Å²) in [6.07, 6.45) is 3.99. The van der Waals surface area contributed by atoms with Gasteiger partial charge in [0.1, 0.15) is 5.82 Å². The van der Waals surface area contributed by atoms with E-state index in [2.05, 4.69) is 80.8 Å². The van der Waals surface area contributed by atoms with E-state index < -0.39 is 0 Å². The zero-order chi connectivity index (χ0) is 23.6. The summed E-state index contributed by atoms with van der Waals surface area (Å²) in [5.74, 6) is 1.12. The van der Waals surface area contributed by atoms with Crippen LogP contribution in [0.3, 0.4) is 0 Å². The van der Waals surface area contributed by atoms with Crippen molar-refractivity contribution < 1.29 is 4.79 Å². The molecule has 3 aromatic carbocycles. The largest absolute Gasteiger partial charge is 0.354 e. The molecule has 1 aromatic heterocycles. The number of benzene rings is 3. The SMILES string of the molecule is O=C(NCCCCN1CCN(c2nccc3ccccc23)CC1)c1ccc2c(c1)-c1ccccc1-2. The second-order valence-corrected chi connectivity index (χ2v) is 9.45. The second-order valence-electron chi connectivity index (χ2n) is 9.45. The highest BCUT2D eigenvalue weighted by Gasteiger charge is 2.23. The fraction of sp³-hybridized carbons (Fsp3) is 0.267. The lowest BCUT2D eigenvalue weighted by Crippen LogP contribution is -2.47. The Labute approximate surface area is 206 Å². The van der Waals surface area contributed by atoms with E-state index in [4.69, 9.17) is 0 Å². The molecular weight excluding hydrogens is 432 g/mol. The van der Waals surface area contributed by atoms with Gasteiger partial charge in [0.2, 0.25) is 0 Å². The summed E-state index contributed by atoms with van der Waals surface area (Å²) < 4.78 is 0. The van der Waals surface area contributed by atoms with E-state index in [1.165, 1.54) is 33.0 Å². The highest BCUT2D eigenvalue weighted by molar-refractivity contribution is 6.05. The molecule has 1 N–H and O–H groups in total. The number of aromatic nitrogens is 1. The van der Waals surface area contributed by atoms with Gasteiger partial charge >= 0.3 is 0 Å². The minimum absolute atomic E-state index is 0.0217. The van der Waals surface area contributed by atoms with Crippen LogP contribution in [0.2, 0.25) is 0 Å². The fourth-order valence-electron chi connectivity index (χ4n) is 5.34. The van der Waals surface area contributed by atoms with Gasteiger partial charge in [-0.05, 0) is 65.2 Å². The summed E-state index contributed by atoms with van der Waals surface area (Å²) in [6, 6.07) is 25.0. The molecular formula is C30H30N4O. The maximum Gasteiger partial charge on any atom is 0.251 e. The second kappa shape index (κ2) is 9.51. The first-order valence-electron chi connectivity index (χ1n) is 12.6. The van der Waals surface area contributed by atoms with E-state index in [1.54, 1.807) is 0 Å². The molecule has 1 amide bonds. The van der Waals surface area contributed by atoms with Crippen LogP contribution in [-0.2, 0) is 0 Å². The molecule has 5 heteroatoms. The van der Waals surface area contributed by atoms with Gasteiger partial charge in [-0.2, -0.15) is 0 Å². The number of carbonyl (C=O) groups is 1. The van der Waals surface area contributed by atoms with E-state index in [1.807, 2.05) is 18.3 Å². The summed E-state index contributed by atoms with van der Waals surface area (Å²) in [5.41, 5.74) is 5.70. The van der Waals surface area contributed by atoms with Gasteiger partial charge in [0.15, 0.2) is 0 Å². The summed E-state index contributed by atoms with van der Waals surface area (Å²) in [5, 5.41) is 5.58. The Kier molecular flexibility index (Phi) is 5.93. The van der Waals surface area contributed by atoms with Crippen LogP contribution >= 0.6 is 0 Å². The van der Waals surface area contributed by atoms with E-state index >= 15 is 0 Å². The maximum absolute atomic E-state index is 12.6. The molecule has 2 heterocycles. The smallest absolute Gasteiger partial charge is 0.251 e. The van der Waals surface area contributed by atoms with Crippen LogP contribution in [0.5, 0.6) is 0 Å².